The minimum atomic E-state index is 0.313. The van der Waals surface area contributed by atoms with Gasteiger partial charge < -0.3 is 14.4 Å². The van der Waals surface area contributed by atoms with E-state index in [0.717, 1.165) is 30.9 Å². The van der Waals surface area contributed by atoms with Crippen molar-refractivity contribution in [1.82, 2.24) is 9.97 Å². The smallest absolute Gasteiger partial charge is 0.218 e. The molecule has 2 rings (SSSR count). The number of nitrogens with zero attached hydrogens (tertiary/aromatic N) is 3. The Morgan fingerprint density at radius 1 is 1.59 bits per heavy atom. The Bertz CT molecular complexity index is 364. The van der Waals surface area contributed by atoms with Crippen LogP contribution in [0.5, 0.6) is 5.88 Å². The molecule has 1 atom stereocenters. The van der Waals surface area contributed by atoms with Gasteiger partial charge in [0.2, 0.25) is 5.88 Å². The summed E-state index contributed by atoms with van der Waals surface area (Å²) in [6.07, 6.45) is 1.54. The van der Waals surface area contributed by atoms with Gasteiger partial charge in [0.1, 0.15) is 12.1 Å². The number of aromatic nitrogens is 2. The lowest BCUT2D eigenvalue weighted by molar-refractivity contribution is 0.0999. The molecule has 0 bridgehead atoms. The fourth-order valence-corrected chi connectivity index (χ4v) is 2.33. The lowest BCUT2D eigenvalue weighted by atomic mass is 10.2. The van der Waals surface area contributed by atoms with Gasteiger partial charge in [-0.15, -0.1) is 0 Å². The second kappa shape index (κ2) is 6.16. The van der Waals surface area contributed by atoms with Crippen LogP contribution in [0.25, 0.3) is 0 Å². The van der Waals surface area contributed by atoms with Crippen molar-refractivity contribution in [2.24, 2.45) is 0 Å². The molecule has 0 spiro atoms. The highest BCUT2D eigenvalue weighted by Crippen LogP contribution is 2.21. The first-order chi connectivity index (χ1) is 8.35. The molecule has 6 heteroatoms. The monoisotopic (exact) mass is 301 g/mol. The molecule has 1 saturated heterocycles. The molecule has 2 heterocycles. The van der Waals surface area contributed by atoms with Crippen molar-refractivity contribution in [3.05, 3.63) is 12.4 Å². The van der Waals surface area contributed by atoms with Crippen LogP contribution < -0.4 is 9.64 Å². The van der Waals surface area contributed by atoms with Crippen molar-refractivity contribution in [2.45, 2.75) is 13.0 Å². The van der Waals surface area contributed by atoms with E-state index in [-0.39, 0.29) is 0 Å². The number of anilines is 1. The molecule has 0 saturated carbocycles. The number of hydrogen-bond donors (Lipinski definition) is 0. The van der Waals surface area contributed by atoms with Gasteiger partial charge in [0.05, 0.1) is 25.9 Å². The highest BCUT2D eigenvalue weighted by atomic mass is 79.9. The fourth-order valence-electron chi connectivity index (χ4n) is 1.80. The molecule has 1 fully saturated rings. The van der Waals surface area contributed by atoms with Crippen molar-refractivity contribution in [1.29, 1.82) is 0 Å². The van der Waals surface area contributed by atoms with Crippen LogP contribution in [0.4, 0.5) is 5.82 Å². The number of morpholine rings is 1. The highest BCUT2D eigenvalue weighted by molar-refractivity contribution is 9.09. The van der Waals surface area contributed by atoms with Crippen LogP contribution in [0.1, 0.15) is 6.92 Å². The molecule has 1 aliphatic rings. The van der Waals surface area contributed by atoms with Crippen LogP contribution in [0.15, 0.2) is 12.4 Å². The molecule has 1 aromatic heterocycles. The van der Waals surface area contributed by atoms with E-state index in [2.05, 4.69) is 30.8 Å². The van der Waals surface area contributed by atoms with E-state index in [1.807, 2.05) is 13.0 Å². The standard InChI is InChI=1S/C11H16BrN3O2/c1-2-17-11-5-10(13-8-14-11)15-3-4-16-7-9(15)6-12/h5,8-9H,2-4,6-7H2,1H3. The quantitative estimate of drug-likeness (QED) is 0.788. The lowest BCUT2D eigenvalue weighted by Gasteiger charge is -2.35. The molecular formula is C11H16BrN3O2. The van der Waals surface area contributed by atoms with Crippen LogP contribution in [0.2, 0.25) is 0 Å². The first-order valence-corrected chi connectivity index (χ1v) is 6.82. The maximum Gasteiger partial charge on any atom is 0.218 e. The third kappa shape index (κ3) is 3.07. The zero-order chi connectivity index (χ0) is 12.1. The summed E-state index contributed by atoms with van der Waals surface area (Å²) in [5.74, 6) is 1.52. The molecular weight excluding hydrogens is 286 g/mol. The number of alkyl halides is 1. The summed E-state index contributed by atoms with van der Waals surface area (Å²) < 4.78 is 10.8. The molecule has 0 aliphatic carbocycles. The van der Waals surface area contributed by atoms with Crippen molar-refractivity contribution < 1.29 is 9.47 Å². The lowest BCUT2D eigenvalue weighted by Crippen LogP contribution is -2.47. The largest absolute Gasteiger partial charge is 0.478 e. The summed E-state index contributed by atoms with van der Waals surface area (Å²) >= 11 is 3.50. The summed E-state index contributed by atoms with van der Waals surface area (Å²) in [7, 11) is 0. The zero-order valence-corrected chi connectivity index (χ0v) is 11.4. The van der Waals surface area contributed by atoms with Gasteiger partial charge in [-0.25, -0.2) is 9.97 Å². The van der Waals surface area contributed by atoms with E-state index in [1.54, 1.807) is 6.33 Å². The van der Waals surface area contributed by atoms with Crippen LogP contribution in [0, 0.1) is 0 Å². The fraction of sp³-hybridized carbons (Fsp3) is 0.636. The van der Waals surface area contributed by atoms with E-state index in [9.17, 15) is 0 Å². The van der Waals surface area contributed by atoms with Gasteiger partial charge in [0.25, 0.3) is 0 Å². The average Bonchev–Trinajstić information content (AvgIpc) is 2.39. The summed E-state index contributed by atoms with van der Waals surface area (Å²) in [6, 6.07) is 2.19. The van der Waals surface area contributed by atoms with Gasteiger partial charge in [0.15, 0.2) is 0 Å². The first kappa shape index (κ1) is 12.6. The van der Waals surface area contributed by atoms with Crippen LogP contribution >= 0.6 is 15.9 Å². The molecule has 0 amide bonds. The number of ether oxygens (including phenoxy) is 2. The highest BCUT2D eigenvalue weighted by Gasteiger charge is 2.23. The summed E-state index contributed by atoms with van der Waals surface area (Å²) in [5.41, 5.74) is 0. The van der Waals surface area contributed by atoms with Gasteiger partial charge in [0, 0.05) is 17.9 Å². The Morgan fingerprint density at radius 3 is 3.24 bits per heavy atom. The normalized spacial score (nSPS) is 20.4. The predicted molar refractivity (Wildman–Crippen MR) is 68.9 cm³/mol. The molecule has 0 N–H and O–H groups in total. The average molecular weight is 302 g/mol. The second-order valence-corrected chi connectivity index (χ2v) is 4.37. The van der Waals surface area contributed by atoms with E-state index in [1.165, 1.54) is 0 Å². The van der Waals surface area contributed by atoms with Crippen LogP contribution in [-0.2, 0) is 4.74 Å². The first-order valence-electron chi connectivity index (χ1n) is 5.70. The Kier molecular flexibility index (Phi) is 4.56. The minimum Gasteiger partial charge on any atom is -0.478 e. The van der Waals surface area contributed by atoms with Crippen molar-refractivity contribution in [3.8, 4) is 5.88 Å². The Morgan fingerprint density at radius 2 is 2.47 bits per heavy atom. The minimum absolute atomic E-state index is 0.313. The Hall–Kier alpha value is -0.880. The Labute approximate surface area is 109 Å². The third-order valence-electron chi connectivity index (χ3n) is 2.62. The molecule has 1 aromatic rings. The van der Waals surface area contributed by atoms with Crippen molar-refractivity contribution in [2.75, 3.05) is 36.6 Å². The van der Waals surface area contributed by atoms with Crippen molar-refractivity contribution >= 4 is 21.7 Å². The van der Waals surface area contributed by atoms with Gasteiger partial charge in [-0.3, -0.25) is 0 Å². The van der Waals surface area contributed by atoms with Gasteiger partial charge in [-0.1, -0.05) is 15.9 Å². The van der Waals surface area contributed by atoms with E-state index in [4.69, 9.17) is 9.47 Å². The molecule has 0 aromatic carbocycles. The van der Waals surface area contributed by atoms with Gasteiger partial charge in [-0.2, -0.15) is 0 Å². The third-order valence-corrected chi connectivity index (χ3v) is 3.37. The molecule has 5 nitrogen and oxygen atoms in total. The molecule has 94 valence electrons. The number of halogens is 1. The summed E-state index contributed by atoms with van der Waals surface area (Å²) in [6.45, 7) is 4.86. The molecule has 1 unspecified atom stereocenters. The molecule has 17 heavy (non-hydrogen) atoms. The summed E-state index contributed by atoms with van der Waals surface area (Å²) in [4.78, 5) is 10.6. The van der Waals surface area contributed by atoms with E-state index >= 15 is 0 Å². The maximum atomic E-state index is 5.46. The van der Waals surface area contributed by atoms with Gasteiger partial charge in [-0.05, 0) is 6.92 Å². The maximum absolute atomic E-state index is 5.46. The van der Waals surface area contributed by atoms with E-state index < -0.39 is 0 Å². The topological polar surface area (TPSA) is 47.5 Å². The van der Waals surface area contributed by atoms with Crippen LogP contribution in [-0.4, -0.2) is 47.7 Å². The van der Waals surface area contributed by atoms with Crippen LogP contribution in [0.3, 0.4) is 0 Å². The van der Waals surface area contributed by atoms with Gasteiger partial charge >= 0.3 is 0 Å². The van der Waals surface area contributed by atoms with Crippen molar-refractivity contribution in [3.63, 3.8) is 0 Å². The molecule has 0 radical (unpaired) electrons. The predicted octanol–water partition coefficient (Wildman–Crippen LogP) is 1.48. The second-order valence-electron chi connectivity index (χ2n) is 3.72. The Balaban J connectivity index is 2.16. The zero-order valence-electron chi connectivity index (χ0n) is 9.80. The SMILES string of the molecule is CCOc1cc(N2CCOCC2CBr)ncn1. The number of rotatable bonds is 4. The number of hydrogen-bond acceptors (Lipinski definition) is 5. The summed E-state index contributed by atoms with van der Waals surface area (Å²) in [5, 5.41) is 0.862. The molecule has 1 aliphatic heterocycles. The van der Waals surface area contributed by atoms with E-state index in [0.29, 0.717) is 18.5 Å².